The van der Waals surface area contributed by atoms with Gasteiger partial charge in [-0.3, -0.25) is 0 Å². The van der Waals surface area contributed by atoms with Crippen LogP contribution in [0.3, 0.4) is 0 Å². The summed E-state index contributed by atoms with van der Waals surface area (Å²) in [6, 6.07) is 0. The Hall–Kier alpha value is -0.381. The van der Waals surface area contributed by atoms with Crippen LogP contribution in [-0.4, -0.2) is 76.8 Å². The van der Waals surface area contributed by atoms with Gasteiger partial charge >= 0.3 is 86.5 Å². The summed E-state index contributed by atoms with van der Waals surface area (Å²) in [5.41, 5.74) is 0. The van der Waals surface area contributed by atoms with Crippen molar-refractivity contribution in [3.05, 3.63) is 0 Å². The Bertz CT molecular complexity index is 200. The second kappa shape index (κ2) is 5.37. The predicted molar refractivity (Wildman–Crippen MR) is 55.3 cm³/mol. The SMILES string of the molecule is CN(C)/C=N/C(=[Se])N1CCOCC1. The topological polar surface area (TPSA) is 28.1 Å². The average molecular weight is 248 g/mol. The van der Waals surface area contributed by atoms with Crippen LogP contribution in [0.2, 0.25) is 0 Å². The van der Waals surface area contributed by atoms with E-state index in [2.05, 4.69) is 25.5 Å². The van der Waals surface area contributed by atoms with E-state index in [-0.39, 0.29) is 0 Å². The summed E-state index contributed by atoms with van der Waals surface area (Å²) in [4.78, 5) is 8.38. The van der Waals surface area contributed by atoms with Crippen molar-refractivity contribution in [1.29, 1.82) is 0 Å². The molecule has 0 N–H and O–H groups in total. The van der Waals surface area contributed by atoms with Crippen LogP contribution in [0.25, 0.3) is 0 Å². The van der Waals surface area contributed by atoms with Crippen molar-refractivity contribution < 1.29 is 4.74 Å². The molecular formula is C8H15N3OSe. The van der Waals surface area contributed by atoms with Crippen molar-refractivity contribution in [1.82, 2.24) is 9.80 Å². The minimum absolute atomic E-state index is 0.794. The van der Waals surface area contributed by atoms with E-state index in [1.165, 1.54) is 0 Å². The first-order valence-electron chi connectivity index (χ1n) is 4.27. The van der Waals surface area contributed by atoms with Gasteiger partial charge in [0.25, 0.3) is 0 Å². The molecule has 1 aliphatic rings. The Kier molecular flexibility index (Phi) is 4.42. The molecule has 1 fully saturated rings. The fraction of sp³-hybridized carbons (Fsp3) is 0.750. The van der Waals surface area contributed by atoms with Crippen LogP contribution in [0, 0.1) is 0 Å². The van der Waals surface area contributed by atoms with Gasteiger partial charge in [0, 0.05) is 0 Å². The zero-order valence-electron chi connectivity index (χ0n) is 8.06. The molecule has 1 aliphatic heterocycles. The minimum atomic E-state index is 0.794. The first-order chi connectivity index (χ1) is 6.20. The van der Waals surface area contributed by atoms with E-state index in [1.54, 1.807) is 6.34 Å². The summed E-state index contributed by atoms with van der Waals surface area (Å²) in [7, 11) is 3.91. The van der Waals surface area contributed by atoms with E-state index < -0.39 is 0 Å². The van der Waals surface area contributed by atoms with Crippen LogP contribution in [-0.2, 0) is 4.74 Å². The van der Waals surface area contributed by atoms with Crippen molar-refractivity contribution in [3.63, 3.8) is 0 Å². The number of nitrogens with zero attached hydrogens (tertiary/aromatic N) is 3. The molecule has 0 aromatic heterocycles. The van der Waals surface area contributed by atoms with Gasteiger partial charge in [-0.25, -0.2) is 0 Å². The summed E-state index contributed by atoms with van der Waals surface area (Å²) in [5, 5.41) is 0. The Morgan fingerprint density at radius 3 is 2.62 bits per heavy atom. The first kappa shape index (κ1) is 10.7. The number of ether oxygens (including phenoxy) is 1. The molecule has 74 valence electrons. The van der Waals surface area contributed by atoms with Crippen LogP contribution >= 0.6 is 0 Å². The number of rotatable bonds is 3. The van der Waals surface area contributed by atoms with Crippen LogP contribution in [0.15, 0.2) is 4.99 Å². The van der Waals surface area contributed by atoms with Crippen molar-refractivity contribution in [2.45, 2.75) is 0 Å². The van der Waals surface area contributed by atoms with E-state index in [9.17, 15) is 0 Å². The van der Waals surface area contributed by atoms with E-state index in [0.717, 1.165) is 31.0 Å². The maximum atomic E-state index is 5.24. The van der Waals surface area contributed by atoms with Crippen LogP contribution in [0.5, 0.6) is 0 Å². The fourth-order valence-corrected chi connectivity index (χ4v) is 1.48. The molecule has 0 unspecified atom stereocenters. The molecule has 0 amide bonds. The molecule has 1 rings (SSSR count). The molecular weight excluding hydrogens is 233 g/mol. The Labute approximate surface area is 86.9 Å². The van der Waals surface area contributed by atoms with Gasteiger partial charge in [-0.2, -0.15) is 0 Å². The predicted octanol–water partition coefficient (Wildman–Crippen LogP) is -0.836. The third-order valence-corrected chi connectivity index (χ3v) is 2.44. The Morgan fingerprint density at radius 2 is 2.08 bits per heavy atom. The summed E-state index contributed by atoms with van der Waals surface area (Å²) in [6.07, 6.45) is 1.79. The quantitative estimate of drug-likeness (QED) is 0.370. The molecule has 0 aromatic carbocycles. The Morgan fingerprint density at radius 1 is 1.46 bits per heavy atom. The third-order valence-electron chi connectivity index (χ3n) is 1.68. The van der Waals surface area contributed by atoms with E-state index in [4.69, 9.17) is 4.74 Å². The first-order valence-corrected chi connectivity index (χ1v) is 5.13. The van der Waals surface area contributed by atoms with Gasteiger partial charge in [-0.1, -0.05) is 0 Å². The molecule has 1 saturated heterocycles. The monoisotopic (exact) mass is 249 g/mol. The normalized spacial score (nSPS) is 17.8. The fourth-order valence-electron chi connectivity index (χ4n) is 1.00. The van der Waals surface area contributed by atoms with E-state index in [0.29, 0.717) is 0 Å². The molecule has 0 aromatic rings. The molecule has 5 heteroatoms. The van der Waals surface area contributed by atoms with Gasteiger partial charge in [0.1, 0.15) is 0 Å². The molecule has 1 heterocycles. The zero-order chi connectivity index (χ0) is 9.68. The molecule has 13 heavy (non-hydrogen) atoms. The molecule has 0 bridgehead atoms. The second-order valence-corrected chi connectivity index (χ2v) is 3.86. The summed E-state index contributed by atoms with van der Waals surface area (Å²) < 4.78 is 6.19. The molecule has 0 radical (unpaired) electrons. The van der Waals surface area contributed by atoms with Crippen molar-refractivity contribution in [2.24, 2.45) is 4.99 Å². The van der Waals surface area contributed by atoms with Gasteiger partial charge in [0.05, 0.1) is 0 Å². The van der Waals surface area contributed by atoms with Gasteiger partial charge in [-0.05, 0) is 0 Å². The van der Waals surface area contributed by atoms with Crippen LogP contribution in [0.1, 0.15) is 0 Å². The van der Waals surface area contributed by atoms with Crippen LogP contribution < -0.4 is 0 Å². The van der Waals surface area contributed by atoms with Crippen molar-refractivity contribution in [2.75, 3.05) is 40.4 Å². The van der Waals surface area contributed by atoms with Crippen LogP contribution in [0.4, 0.5) is 0 Å². The summed E-state index contributed by atoms with van der Waals surface area (Å²) in [6.45, 7) is 3.44. The number of aliphatic imine (C=N–C) groups is 1. The van der Waals surface area contributed by atoms with Gasteiger partial charge in [0.2, 0.25) is 0 Å². The van der Waals surface area contributed by atoms with Gasteiger partial charge < -0.3 is 0 Å². The van der Waals surface area contributed by atoms with Crippen molar-refractivity contribution >= 4 is 26.6 Å². The Balaban J connectivity index is 2.37. The molecule has 4 nitrogen and oxygen atoms in total. The molecule has 0 atom stereocenters. The summed E-state index contributed by atoms with van der Waals surface area (Å²) in [5.74, 6) is 0. The molecule has 0 spiro atoms. The zero-order valence-corrected chi connectivity index (χ0v) is 9.78. The number of hydrogen-bond acceptors (Lipinski definition) is 3. The van der Waals surface area contributed by atoms with Crippen molar-refractivity contribution in [3.8, 4) is 0 Å². The number of morpholine rings is 1. The van der Waals surface area contributed by atoms with E-state index >= 15 is 0 Å². The standard InChI is InChI=1S/C8H15N3OSe/c1-10(2)7-9-8(13)11-3-5-12-6-4-11/h7H,3-6H2,1-2H3/b9-7+. The maximum absolute atomic E-state index is 5.24. The second-order valence-electron chi connectivity index (χ2n) is 3.09. The summed E-state index contributed by atoms with van der Waals surface area (Å²) >= 11 is 2.96. The molecule has 0 saturated carbocycles. The van der Waals surface area contributed by atoms with Gasteiger partial charge in [0.15, 0.2) is 0 Å². The number of hydrogen-bond donors (Lipinski definition) is 0. The average Bonchev–Trinajstić information content (AvgIpc) is 2.15. The van der Waals surface area contributed by atoms with Gasteiger partial charge in [-0.15, -0.1) is 0 Å². The third kappa shape index (κ3) is 3.89. The van der Waals surface area contributed by atoms with E-state index in [1.807, 2.05) is 19.0 Å². The molecule has 0 aliphatic carbocycles.